The second-order valence-corrected chi connectivity index (χ2v) is 4.81. The van der Waals surface area contributed by atoms with Gasteiger partial charge >= 0.3 is 0 Å². The third-order valence-corrected chi connectivity index (χ3v) is 3.30. The van der Waals surface area contributed by atoms with Crippen LogP contribution in [0.2, 0.25) is 0 Å². The summed E-state index contributed by atoms with van der Waals surface area (Å²) < 4.78 is 15.3. The van der Waals surface area contributed by atoms with Crippen LogP contribution in [-0.4, -0.2) is 16.3 Å². The Morgan fingerprint density at radius 2 is 2.11 bits per heavy atom. The van der Waals surface area contributed by atoms with Crippen molar-refractivity contribution in [3.63, 3.8) is 0 Å². The van der Waals surface area contributed by atoms with Gasteiger partial charge in [-0.3, -0.25) is 4.68 Å². The Morgan fingerprint density at radius 3 is 2.68 bits per heavy atom. The van der Waals surface area contributed by atoms with Gasteiger partial charge < -0.3 is 5.32 Å². The van der Waals surface area contributed by atoms with Crippen LogP contribution in [0.5, 0.6) is 0 Å². The summed E-state index contributed by atoms with van der Waals surface area (Å²) in [6.45, 7) is 6.98. The zero-order valence-electron chi connectivity index (χ0n) is 11.9. The van der Waals surface area contributed by atoms with E-state index in [0.717, 1.165) is 28.9 Å². The average Bonchev–Trinajstić information content (AvgIpc) is 2.68. The van der Waals surface area contributed by atoms with E-state index in [2.05, 4.69) is 24.3 Å². The normalized spacial score (nSPS) is 12.7. The third-order valence-electron chi connectivity index (χ3n) is 3.30. The molecule has 2 aromatic rings. The molecule has 1 aromatic carbocycles. The molecule has 2 rings (SSSR count). The van der Waals surface area contributed by atoms with E-state index in [-0.39, 0.29) is 11.9 Å². The van der Waals surface area contributed by atoms with Crippen molar-refractivity contribution in [2.75, 3.05) is 6.54 Å². The summed E-state index contributed by atoms with van der Waals surface area (Å²) in [6.07, 6.45) is 1.94. The minimum Gasteiger partial charge on any atom is -0.310 e. The van der Waals surface area contributed by atoms with E-state index in [4.69, 9.17) is 0 Å². The molecule has 1 atom stereocenters. The highest BCUT2D eigenvalue weighted by atomic mass is 19.1. The highest BCUT2D eigenvalue weighted by molar-refractivity contribution is 5.69. The van der Waals surface area contributed by atoms with Gasteiger partial charge in [-0.2, -0.15) is 5.10 Å². The number of hydrogen-bond acceptors (Lipinski definition) is 2. The van der Waals surface area contributed by atoms with Crippen LogP contribution in [0, 0.1) is 12.7 Å². The number of aromatic nitrogens is 2. The van der Waals surface area contributed by atoms with Crippen LogP contribution in [0.4, 0.5) is 4.39 Å². The van der Waals surface area contributed by atoms with Crippen molar-refractivity contribution in [1.82, 2.24) is 15.1 Å². The van der Waals surface area contributed by atoms with Gasteiger partial charge in [-0.15, -0.1) is 0 Å². The minimum atomic E-state index is -0.217. The molecule has 0 radical (unpaired) electrons. The van der Waals surface area contributed by atoms with Crippen LogP contribution in [-0.2, 0) is 7.05 Å². The molecule has 1 unspecified atom stereocenters. The van der Waals surface area contributed by atoms with Gasteiger partial charge in [0, 0.05) is 24.8 Å². The molecule has 4 heteroatoms. The minimum absolute atomic E-state index is 0.181. The lowest BCUT2D eigenvalue weighted by Gasteiger charge is -2.17. The Bertz CT molecular complexity index is 575. The van der Waals surface area contributed by atoms with Crippen molar-refractivity contribution < 1.29 is 4.39 Å². The number of nitrogens with zero attached hydrogens (tertiary/aromatic N) is 2. The van der Waals surface area contributed by atoms with Gasteiger partial charge in [-0.1, -0.05) is 13.0 Å². The average molecular weight is 261 g/mol. The van der Waals surface area contributed by atoms with E-state index in [0.29, 0.717) is 0 Å². The third kappa shape index (κ3) is 2.84. The maximum absolute atomic E-state index is 13.6. The second kappa shape index (κ2) is 5.53. The molecule has 0 saturated carbocycles. The first kappa shape index (κ1) is 13.7. The lowest BCUT2D eigenvalue weighted by molar-refractivity contribution is 0.593. The number of hydrogen-bond donors (Lipinski definition) is 1. The quantitative estimate of drug-likeness (QED) is 0.916. The Morgan fingerprint density at radius 1 is 1.37 bits per heavy atom. The number of nitrogens with one attached hydrogen (secondary N) is 1. The van der Waals surface area contributed by atoms with Gasteiger partial charge in [0.2, 0.25) is 0 Å². The Balaban J connectivity index is 2.54. The Hall–Kier alpha value is -1.68. The van der Waals surface area contributed by atoms with E-state index < -0.39 is 0 Å². The van der Waals surface area contributed by atoms with Crippen LogP contribution < -0.4 is 5.32 Å². The van der Waals surface area contributed by atoms with Crippen molar-refractivity contribution in [2.45, 2.75) is 26.8 Å². The SMILES string of the molecule is CCNC(C)c1ccc(F)cc1-c1cn(C)nc1C. The molecule has 1 heterocycles. The maximum atomic E-state index is 13.6. The summed E-state index contributed by atoms with van der Waals surface area (Å²) >= 11 is 0. The highest BCUT2D eigenvalue weighted by Gasteiger charge is 2.15. The summed E-state index contributed by atoms with van der Waals surface area (Å²) in [7, 11) is 1.88. The van der Waals surface area contributed by atoms with Crippen LogP contribution in [0.25, 0.3) is 11.1 Å². The first-order valence-corrected chi connectivity index (χ1v) is 6.56. The van der Waals surface area contributed by atoms with E-state index >= 15 is 0 Å². The summed E-state index contributed by atoms with van der Waals surface area (Å²) in [5.74, 6) is -0.217. The van der Waals surface area contributed by atoms with Gasteiger partial charge in [-0.25, -0.2) is 4.39 Å². The molecule has 19 heavy (non-hydrogen) atoms. The number of benzene rings is 1. The Kier molecular flexibility index (Phi) is 4.00. The molecule has 0 fully saturated rings. The maximum Gasteiger partial charge on any atom is 0.123 e. The van der Waals surface area contributed by atoms with Gasteiger partial charge in [0.1, 0.15) is 5.82 Å². The molecule has 3 nitrogen and oxygen atoms in total. The highest BCUT2D eigenvalue weighted by Crippen LogP contribution is 2.30. The van der Waals surface area contributed by atoms with Gasteiger partial charge in [0.25, 0.3) is 0 Å². The molecule has 0 aliphatic rings. The summed E-state index contributed by atoms with van der Waals surface area (Å²) in [6, 6.07) is 5.14. The summed E-state index contributed by atoms with van der Waals surface area (Å²) in [4.78, 5) is 0. The Labute approximate surface area is 113 Å². The van der Waals surface area contributed by atoms with E-state index in [9.17, 15) is 4.39 Å². The largest absolute Gasteiger partial charge is 0.310 e. The number of halogens is 1. The van der Waals surface area contributed by atoms with Crippen molar-refractivity contribution in [3.8, 4) is 11.1 Å². The van der Waals surface area contributed by atoms with E-state index in [1.165, 1.54) is 6.07 Å². The van der Waals surface area contributed by atoms with Gasteiger partial charge in [-0.05, 0) is 43.7 Å². The monoisotopic (exact) mass is 261 g/mol. The zero-order chi connectivity index (χ0) is 14.0. The van der Waals surface area contributed by atoms with Crippen molar-refractivity contribution >= 4 is 0 Å². The molecule has 0 bridgehead atoms. The molecular weight excluding hydrogens is 241 g/mol. The van der Waals surface area contributed by atoms with Crippen molar-refractivity contribution in [1.29, 1.82) is 0 Å². The van der Waals surface area contributed by atoms with E-state index in [1.807, 2.05) is 26.2 Å². The summed E-state index contributed by atoms with van der Waals surface area (Å²) in [5.41, 5.74) is 3.92. The molecule has 1 aromatic heterocycles. The van der Waals surface area contributed by atoms with Crippen LogP contribution >= 0.6 is 0 Å². The fourth-order valence-corrected chi connectivity index (χ4v) is 2.42. The molecule has 0 saturated heterocycles. The molecule has 1 N–H and O–H groups in total. The van der Waals surface area contributed by atoms with Crippen LogP contribution in [0.3, 0.4) is 0 Å². The zero-order valence-corrected chi connectivity index (χ0v) is 11.9. The van der Waals surface area contributed by atoms with E-state index in [1.54, 1.807) is 10.7 Å². The molecular formula is C15H20FN3. The fraction of sp³-hybridized carbons (Fsp3) is 0.400. The number of rotatable bonds is 4. The second-order valence-electron chi connectivity index (χ2n) is 4.81. The van der Waals surface area contributed by atoms with Crippen molar-refractivity contribution in [3.05, 3.63) is 41.5 Å². The van der Waals surface area contributed by atoms with Gasteiger partial charge in [0.15, 0.2) is 0 Å². The van der Waals surface area contributed by atoms with Crippen molar-refractivity contribution in [2.24, 2.45) is 7.05 Å². The first-order chi connectivity index (χ1) is 9.02. The smallest absolute Gasteiger partial charge is 0.123 e. The van der Waals surface area contributed by atoms with Crippen LogP contribution in [0.15, 0.2) is 24.4 Å². The molecule has 0 aliphatic carbocycles. The topological polar surface area (TPSA) is 29.9 Å². The first-order valence-electron chi connectivity index (χ1n) is 6.56. The lowest BCUT2D eigenvalue weighted by Crippen LogP contribution is -2.18. The molecule has 102 valence electrons. The predicted molar refractivity (Wildman–Crippen MR) is 75.4 cm³/mol. The molecule has 0 spiro atoms. The predicted octanol–water partition coefficient (Wildman–Crippen LogP) is 3.21. The fourth-order valence-electron chi connectivity index (χ4n) is 2.42. The number of aryl methyl sites for hydroxylation is 2. The molecule has 0 amide bonds. The van der Waals surface area contributed by atoms with Gasteiger partial charge in [0.05, 0.1) is 5.69 Å². The molecule has 0 aliphatic heterocycles. The lowest BCUT2D eigenvalue weighted by atomic mass is 9.96. The van der Waals surface area contributed by atoms with Crippen LogP contribution in [0.1, 0.15) is 31.1 Å². The summed E-state index contributed by atoms with van der Waals surface area (Å²) in [5, 5.41) is 7.71. The standard InChI is InChI=1S/C15H20FN3/c1-5-17-10(2)13-7-6-12(16)8-14(13)15-9-19(4)18-11(15)3/h6-10,17H,5H2,1-4H3.